The van der Waals surface area contributed by atoms with Crippen molar-refractivity contribution in [2.24, 2.45) is 0 Å². The SMILES string of the molecule is CC1(OC(=O)N2CCCC23CCCC3)CCCC1. The van der Waals surface area contributed by atoms with Crippen LogP contribution < -0.4 is 0 Å². The third kappa shape index (κ3) is 2.02. The average molecular weight is 251 g/mol. The molecule has 3 nitrogen and oxygen atoms in total. The van der Waals surface area contributed by atoms with E-state index in [9.17, 15) is 4.79 Å². The zero-order chi connectivity index (χ0) is 12.6. The van der Waals surface area contributed by atoms with Gasteiger partial charge in [-0.1, -0.05) is 12.8 Å². The molecular formula is C15H25NO2. The number of rotatable bonds is 1. The van der Waals surface area contributed by atoms with Crippen LogP contribution in [0.15, 0.2) is 0 Å². The van der Waals surface area contributed by atoms with Gasteiger partial charge in [0.25, 0.3) is 0 Å². The van der Waals surface area contributed by atoms with E-state index in [1.54, 1.807) is 0 Å². The summed E-state index contributed by atoms with van der Waals surface area (Å²) < 4.78 is 5.86. The van der Waals surface area contributed by atoms with Crippen LogP contribution in [0.4, 0.5) is 4.79 Å². The van der Waals surface area contributed by atoms with Crippen molar-refractivity contribution in [2.45, 2.75) is 82.3 Å². The topological polar surface area (TPSA) is 29.5 Å². The molecule has 1 amide bonds. The van der Waals surface area contributed by atoms with E-state index in [2.05, 4.69) is 11.8 Å². The summed E-state index contributed by atoms with van der Waals surface area (Å²) in [5, 5.41) is 0. The molecule has 3 fully saturated rings. The van der Waals surface area contributed by atoms with Crippen molar-refractivity contribution in [3.63, 3.8) is 0 Å². The molecule has 0 bridgehead atoms. The number of carbonyl (C=O) groups is 1. The second-order valence-electron chi connectivity index (χ2n) is 6.71. The van der Waals surface area contributed by atoms with E-state index in [1.807, 2.05) is 0 Å². The number of hydrogen-bond donors (Lipinski definition) is 0. The van der Waals surface area contributed by atoms with Crippen molar-refractivity contribution in [2.75, 3.05) is 6.54 Å². The Balaban J connectivity index is 1.68. The van der Waals surface area contributed by atoms with Gasteiger partial charge in [-0.15, -0.1) is 0 Å². The summed E-state index contributed by atoms with van der Waals surface area (Å²) in [6.45, 7) is 3.02. The van der Waals surface area contributed by atoms with Crippen molar-refractivity contribution in [1.29, 1.82) is 0 Å². The predicted octanol–water partition coefficient (Wildman–Crippen LogP) is 3.86. The summed E-state index contributed by atoms with van der Waals surface area (Å²) >= 11 is 0. The lowest BCUT2D eigenvalue weighted by molar-refractivity contribution is -0.00712. The first-order valence-corrected chi connectivity index (χ1v) is 7.64. The first kappa shape index (κ1) is 12.3. The normalized spacial score (nSPS) is 29.1. The van der Waals surface area contributed by atoms with Gasteiger partial charge in [0, 0.05) is 12.1 Å². The number of ether oxygens (including phenoxy) is 1. The molecule has 1 spiro atoms. The molecule has 3 rings (SSSR count). The number of likely N-dealkylation sites (tertiary alicyclic amines) is 1. The second kappa shape index (κ2) is 4.43. The molecule has 2 aliphatic carbocycles. The molecule has 0 aromatic carbocycles. The van der Waals surface area contributed by atoms with Gasteiger partial charge in [0.1, 0.15) is 5.60 Å². The Hall–Kier alpha value is -0.730. The Morgan fingerprint density at radius 2 is 1.50 bits per heavy atom. The van der Waals surface area contributed by atoms with Crippen LogP contribution in [0.5, 0.6) is 0 Å². The first-order valence-electron chi connectivity index (χ1n) is 7.64. The fourth-order valence-corrected chi connectivity index (χ4v) is 4.27. The first-order chi connectivity index (χ1) is 8.64. The number of amides is 1. The van der Waals surface area contributed by atoms with Crippen LogP contribution in [0.2, 0.25) is 0 Å². The lowest BCUT2D eigenvalue weighted by Gasteiger charge is -2.37. The molecule has 18 heavy (non-hydrogen) atoms. The molecule has 0 unspecified atom stereocenters. The quantitative estimate of drug-likeness (QED) is 0.708. The standard InChI is InChI=1S/C15H25NO2/c1-14(7-2-3-8-14)18-13(17)16-12-6-11-15(16)9-4-5-10-15/h2-12H2,1H3. The molecule has 3 aliphatic rings. The minimum Gasteiger partial charge on any atom is -0.443 e. The fraction of sp³-hybridized carbons (Fsp3) is 0.933. The van der Waals surface area contributed by atoms with Gasteiger partial charge in [-0.2, -0.15) is 0 Å². The minimum atomic E-state index is -0.181. The van der Waals surface area contributed by atoms with E-state index >= 15 is 0 Å². The smallest absolute Gasteiger partial charge is 0.410 e. The Bertz CT molecular complexity index is 322. The molecule has 0 atom stereocenters. The molecule has 0 aromatic heterocycles. The van der Waals surface area contributed by atoms with E-state index < -0.39 is 0 Å². The molecule has 0 N–H and O–H groups in total. The molecule has 3 heteroatoms. The molecule has 1 aliphatic heterocycles. The molecule has 102 valence electrons. The zero-order valence-corrected chi connectivity index (χ0v) is 11.5. The predicted molar refractivity (Wildman–Crippen MR) is 70.5 cm³/mol. The van der Waals surface area contributed by atoms with E-state index in [4.69, 9.17) is 4.74 Å². The zero-order valence-electron chi connectivity index (χ0n) is 11.5. The van der Waals surface area contributed by atoms with Crippen LogP contribution in [0, 0.1) is 0 Å². The minimum absolute atomic E-state index is 0.0289. The number of hydrogen-bond acceptors (Lipinski definition) is 2. The van der Waals surface area contributed by atoms with Crippen molar-refractivity contribution in [1.82, 2.24) is 4.90 Å². The summed E-state index contributed by atoms with van der Waals surface area (Å²) in [6, 6.07) is 0. The summed E-state index contributed by atoms with van der Waals surface area (Å²) in [5.74, 6) is 0. The summed E-state index contributed by atoms with van der Waals surface area (Å²) in [4.78, 5) is 14.5. The third-order valence-corrected chi connectivity index (χ3v) is 5.35. The maximum absolute atomic E-state index is 12.5. The highest BCUT2D eigenvalue weighted by molar-refractivity contribution is 5.70. The van der Waals surface area contributed by atoms with Crippen molar-refractivity contribution in [3.05, 3.63) is 0 Å². The highest BCUT2D eigenvalue weighted by Gasteiger charge is 2.47. The van der Waals surface area contributed by atoms with Crippen molar-refractivity contribution >= 4 is 6.09 Å². The van der Waals surface area contributed by atoms with Crippen LogP contribution in [0.1, 0.15) is 71.1 Å². The van der Waals surface area contributed by atoms with Crippen LogP contribution in [0.25, 0.3) is 0 Å². The lowest BCUT2D eigenvalue weighted by atomic mass is 9.94. The van der Waals surface area contributed by atoms with Crippen molar-refractivity contribution < 1.29 is 9.53 Å². The second-order valence-corrected chi connectivity index (χ2v) is 6.71. The van der Waals surface area contributed by atoms with Crippen LogP contribution in [-0.2, 0) is 4.74 Å². The Kier molecular flexibility index (Phi) is 3.03. The van der Waals surface area contributed by atoms with Gasteiger partial charge in [0.15, 0.2) is 0 Å². The van der Waals surface area contributed by atoms with E-state index in [0.717, 1.165) is 25.8 Å². The van der Waals surface area contributed by atoms with Gasteiger partial charge in [-0.25, -0.2) is 4.79 Å². The average Bonchev–Trinajstić information content (AvgIpc) is 3.03. The maximum Gasteiger partial charge on any atom is 0.410 e. The fourth-order valence-electron chi connectivity index (χ4n) is 4.27. The highest BCUT2D eigenvalue weighted by Crippen LogP contribution is 2.44. The molecule has 0 aromatic rings. The molecule has 1 saturated heterocycles. The van der Waals surface area contributed by atoms with Gasteiger partial charge in [0.2, 0.25) is 0 Å². The van der Waals surface area contributed by atoms with Gasteiger partial charge in [0.05, 0.1) is 0 Å². The van der Waals surface area contributed by atoms with Gasteiger partial charge in [-0.3, -0.25) is 0 Å². The van der Waals surface area contributed by atoms with Gasteiger partial charge in [-0.05, 0) is 58.3 Å². The van der Waals surface area contributed by atoms with Crippen LogP contribution >= 0.6 is 0 Å². The molecular weight excluding hydrogens is 226 g/mol. The largest absolute Gasteiger partial charge is 0.443 e. The maximum atomic E-state index is 12.5. The summed E-state index contributed by atoms with van der Waals surface area (Å²) in [7, 11) is 0. The Labute approximate surface area is 110 Å². The summed E-state index contributed by atoms with van der Waals surface area (Å²) in [5.41, 5.74) is -0.00842. The van der Waals surface area contributed by atoms with Gasteiger partial charge >= 0.3 is 6.09 Å². The van der Waals surface area contributed by atoms with Gasteiger partial charge < -0.3 is 9.64 Å². The third-order valence-electron chi connectivity index (χ3n) is 5.35. The molecule has 1 heterocycles. The van der Waals surface area contributed by atoms with E-state index in [-0.39, 0.29) is 17.2 Å². The van der Waals surface area contributed by atoms with Crippen molar-refractivity contribution in [3.8, 4) is 0 Å². The Morgan fingerprint density at radius 3 is 2.17 bits per heavy atom. The van der Waals surface area contributed by atoms with E-state index in [1.165, 1.54) is 44.9 Å². The van der Waals surface area contributed by atoms with Crippen LogP contribution in [-0.4, -0.2) is 28.7 Å². The highest BCUT2D eigenvalue weighted by atomic mass is 16.6. The molecule has 2 saturated carbocycles. The molecule has 0 radical (unpaired) electrons. The Morgan fingerprint density at radius 1 is 0.944 bits per heavy atom. The summed E-state index contributed by atoms with van der Waals surface area (Å²) in [6.07, 6.45) is 11.8. The number of carbonyl (C=O) groups excluding carboxylic acids is 1. The number of nitrogens with zero attached hydrogens (tertiary/aromatic N) is 1. The van der Waals surface area contributed by atoms with Crippen LogP contribution in [0.3, 0.4) is 0 Å². The monoisotopic (exact) mass is 251 g/mol. The van der Waals surface area contributed by atoms with E-state index in [0.29, 0.717) is 0 Å². The lowest BCUT2D eigenvalue weighted by Crippen LogP contribution is -2.47.